The molecule has 0 spiro atoms. The molecule has 2 aromatic rings. The molecule has 1 aromatic heterocycles. The summed E-state index contributed by atoms with van der Waals surface area (Å²) in [5, 5.41) is 2.94. The Kier molecular flexibility index (Phi) is 3.35. The predicted octanol–water partition coefficient (Wildman–Crippen LogP) is 1.44. The molecule has 0 bridgehead atoms. The van der Waals surface area contributed by atoms with Gasteiger partial charge in [0.2, 0.25) is 0 Å². The number of hydrogen-bond donors (Lipinski definition) is 3. The van der Waals surface area contributed by atoms with E-state index in [9.17, 15) is 4.79 Å². The van der Waals surface area contributed by atoms with E-state index in [1.807, 2.05) is 12.1 Å². The van der Waals surface area contributed by atoms with Gasteiger partial charge in [0.1, 0.15) is 0 Å². The molecule has 1 heterocycles. The topological polar surface area (TPSA) is 80.0 Å². The summed E-state index contributed by atoms with van der Waals surface area (Å²) in [6.07, 6.45) is 2.61. The summed E-state index contributed by atoms with van der Waals surface area (Å²) >= 11 is 0. The van der Waals surface area contributed by atoms with Gasteiger partial charge in [0.25, 0.3) is 5.91 Å². The first-order valence-electron chi connectivity index (χ1n) is 6.57. The Hall–Kier alpha value is -2.40. The molecule has 0 saturated heterocycles. The summed E-state index contributed by atoms with van der Waals surface area (Å²) in [5.41, 5.74) is 5.60. The fourth-order valence-electron chi connectivity index (χ4n) is 2.56. The second-order valence-corrected chi connectivity index (χ2v) is 4.85. The van der Waals surface area contributed by atoms with Crippen LogP contribution in [0.2, 0.25) is 0 Å². The van der Waals surface area contributed by atoms with Crippen molar-refractivity contribution in [2.45, 2.75) is 12.3 Å². The van der Waals surface area contributed by atoms with Crippen LogP contribution in [0.5, 0.6) is 0 Å². The summed E-state index contributed by atoms with van der Waals surface area (Å²) in [5.74, 6) is 5.99. The Morgan fingerprint density at radius 1 is 1.30 bits per heavy atom. The summed E-state index contributed by atoms with van der Waals surface area (Å²) in [4.78, 5) is 16.2. The number of fused-ring (bicyclic) bond motifs is 1. The summed E-state index contributed by atoms with van der Waals surface area (Å²) in [6.45, 7) is 0.634. The first-order valence-corrected chi connectivity index (χ1v) is 6.57. The maximum atomic E-state index is 12.1. The van der Waals surface area contributed by atoms with Crippen LogP contribution in [-0.4, -0.2) is 17.4 Å². The summed E-state index contributed by atoms with van der Waals surface area (Å²) in [7, 11) is 0. The van der Waals surface area contributed by atoms with Gasteiger partial charge < -0.3 is 10.7 Å². The number of nitrogens with two attached hydrogens (primary N) is 1. The van der Waals surface area contributed by atoms with Crippen LogP contribution < -0.4 is 16.6 Å². The highest BCUT2D eigenvalue weighted by molar-refractivity contribution is 5.98. The first kappa shape index (κ1) is 12.6. The van der Waals surface area contributed by atoms with Crippen molar-refractivity contribution in [3.05, 3.63) is 59.3 Å². The zero-order chi connectivity index (χ0) is 13.9. The van der Waals surface area contributed by atoms with Gasteiger partial charge in [0, 0.05) is 18.7 Å². The maximum Gasteiger partial charge on any atom is 0.255 e. The number of benzene rings is 1. The van der Waals surface area contributed by atoms with Crippen LogP contribution in [0.15, 0.2) is 42.6 Å². The van der Waals surface area contributed by atoms with Gasteiger partial charge in [-0.25, -0.2) is 10.8 Å². The average molecular weight is 268 g/mol. The van der Waals surface area contributed by atoms with E-state index in [1.54, 1.807) is 18.3 Å². The smallest absolute Gasteiger partial charge is 0.255 e. The predicted molar refractivity (Wildman–Crippen MR) is 77.3 cm³/mol. The monoisotopic (exact) mass is 268 g/mol. The van der Waals surface area contributed by atoms with E-state index in [2.05, 4.69) is 27.9 Å². The summed E-state index contributed by atoms with van der Waals surface area (Å²) < 4.78 is 0. The second-order valence-electron chi connectivity index (χ2n) is 4.85. The SMILES string of the molecule is NNc1ncccc1C(=O)NCC1Cc2ccccc21. The van der Waals surface area contributed by atoms with E-state index in [0.717, 1.165) is 6.42 Å². The molecule has 102 valence electrons. The molecule has 0 saturated carbocycles. The van der Waals surface area contributed by atoms with Gasteiger partial charge in [-0.15, -0.1) is 0 Å². The third kappa shape index (κ3) is 2.23. The number of hydrazine groups is 1. The van der Waals surface area contributed by atoms with Crippen LogP contribution in [0.4, 0.5) is 5.82 Å². The van der Waals surface area contributed by atoms with Crippen molar-refractivity contribution >= 4 is 11.7 Å². The van der Waals surface area contributed by atoms with Crippen molar-refractivity contribution < 1.29 is 4.79 Å². The van der Waals surface area contributed by atoms with E-state index in [4.69, 9.17) is 5.84 Å². The summed E-state index contributed by atoms with van der Waals surface area (Å²) in [6, 6.07) is 11.7. The van der Waals surface area contributed by atoms with Crippen molar-refractivity contribution in [1.29, 1.82) is 0 Å². The Morgan fingerprint density at radius 2 is 2.15 bits per heavy atom. The Labute approximate surface area is 117 Å². The highest BCUT2D eigenvalue weighted by Crippen LogP contribution is 2.34. The molecule has 0 fully saturated rings. The van der Waals surface area contributed by atoms with Gasteiger partial charge in [-0.05, 0) is 29.7 Å². The van der Waals surface area contributed by atoms with E-state index >= 15 is 0 Å². The van der Waals surface area contributed by atoms with Gasteiger partial charge in [0.15, 0.2) is 5.82 Å². The number of pyridine rings is 1. The highest BCUT2D eigenvalue weighted by atomic mass is 16.1. The van der Waals surface area contributed by atoms with Crippen molar-refractivity contribution in [3.63, 3.8) is 0 Å². The lowest BCUT2D eigenvalue weighted by Crippen LogP contribution is -2.33. The number of nitrogens with one attached hydrogen (secondary N) is 2. The van der Waals surface area contributed by atoms with Gasteiger partial charge in [0.05, 0.1) is 5.56 Å². The second kappa shape index (κ2) is 5.30. The normalized spacial score (nSPS) is 15.9. The molecule has 3 rings (SSSR count). The van der Waals surface area contributed by atoms with Crippen molar-refractivity contribution in [3.8, 4) is 0 Å². The molecular weight excluding hydrogens is 252 g/mol. The number of carbonyl (C=O) groups excluding carboxylic acids is 1. The van der Waals surface area contributed by atoms with E-state index in [1.165, 1.54) is 11.1 Å². The molecule has 1 aliphatic rings. The Balaban J connectivity index is 1.64. The lowest BCUT2D eigenvalue weighted by Gasteiger charge is -2.30. The Bertz CT molecular complexity index is 641. The van der Waals surface area contributed by atoms with Gasteiger partial charge >= 0.3 is 0 Å². The number of nitrogens with zero attached hydrogens (tertiary/aromatic N) is 1. The molecule has 5 heteroatoms. The number of hydrogen-bond acceptors (Lipinski definition) is 4. The molecule has 1 atom stereocenters. The Morgan fingerprint density at radius 3 is 2.95 bits per heavy atom. The maximum absolute atomic E-state index is 12.1. The molecule has 5 nitrogen and oxygen atoms in total. The zero-order valence-corrected chi connectivity index (χ0v) is 11.0. The molecule has 1 aliphatic carbocycles. The van der Waals surface area contributed by atoms with Crippen LogP contribution in [0.3, 0.4) is 0 Å². The van der Waals surface area contributed by atoms with E-state index in [0.29, 0.717) is 23.8 Å². The molecule has 1 unspecified atom stereocenters. The fourth-order valence-corrected chi connectivity index (χ4v) is 2.56. The number of nitrogen functional groups attached to an aromatic ring is 1. The molecular formula is C15H16N4O. The third-order valence-corrected chi connectivity index (χ3v) is 3.66. The molecule has 0 radical (unpaired) electrons. The molecule has 1 amide bonds. The van der Waals surface area contributed by atoms with Crippen molar-refractivity contribution in [2.75, 3.05) is 12.0 Å². The van der Waals surface area contributed by atoms with Crippen LogP contribution in [-0.2, 0) is 6.42 Å². The van der Waals surface area contributed by atoms with Crippen LogP contribution >= 0.6 is 0 Å². The number of carbonyl (C=O) groups is 1. The van der Waals surface area contributed by atoms with Crippen molar-refractivity contribution in [1.82, 2.24) is 10.3 Å². The quantitative estimate of drug-likeness (QED) is 0.579. The van der Waals surface area contributed by atoms with Crippen LogP contribution in [0, 0.1) is 0 Å². The molecule has 4 N–H and O–H groups in total. The molecule has 1 aromatic carbocycles. The minimum absolute atomic E-state index is 0.157. The number of rotatable bonds is 4. The first-order chi connectivity index (χ1) is 9.79. The van der Waals surface area contributed by atoms with E-state index < -0.39 is 0 Å². The molecule has 20 heavy (non-hydrogen) atoms. The average Bonchev–Trinajstić information content (AvgIpc) is 2.48. The lowest BCUT2D eigenvalue weighted by molar-refractivity contribution is 0.0950. The standard InChI is InChI=1S/C15H16N4O/c16-19-14-13(6-3-7-17-14)15(20)18-9-11-8-10-4-1-2-5-12(10)11/h1-7,11H,8-9,16H2,(H,17,19)(H,18,20). The minimum Gasteiger partial charge on any atom is -0.351 e. The van der Waals surface area contributed by atoms with E-state index in [-0.39, 0.29) is 5.91 Å². The van der Waals surface area contributed by atoms with Crippen molar-refractivity contribution in [2.24, 2.45) is 5.84 Å². The fraction of sp³-hybridized carbons (Fsp3) is 0.200. The van der Waals surface area contributed by atoms with Crippen LogP contribution in [0.1, 0.15) is 27.4 Å². The minimum atomic E-state index is -0.157. The third-order valence-electron chi connectivity index (χ3n) is 3.66. The number of aromatic nitrogens is 1. The van der Waals surface area contributed by atoms with Gasteiger partial charge in [-0.3, -0.25) is 4.79 Å². The lowest BCUT2D eigenvalue weighted by atomic mass is 9.77. The molecule has 0 aliphatic heterocycles. The largest absolute Gasteiger partial charge is 0.351 e. The number of anilines is 1. The number of amides is 1. The van der Waals surface area contributed by atoms with Crippen LogP contribution in [0.25, 0.3) is 0 Å². The highest BCUT2D eigenvalue weighted by Gasteiger charge is 2.25. The zero-order valence-electron chi connectivity index (χ0n) is 11.0. The van der Waals surface area contributed by atoms with Gasteiger partial charge in [-0.2, -0.15) is 0 Å². The van der Waals surface area contributed by atoms with Gasteiger partial charge in [-0.1, -0.05) is 24.3 Å².